The lowest BCUT2D eigenvalue weighted by atomic mass is 10.0. The van der Waals surface area contributed by atoms with Gasteiger partial charge in [0.05, 0.1) is 0 Å². The number of hydrogen-bond acceptors (Lipinski definition) is 2. The van der Waals surface area contributed by atoms with Gasteiger partial charge in [-0.1, -0.05) is 48.5 Å². The fourth-order valence-electron chi connectivity index (χ4n) is 1.83. The summed E-state index contributed by atoms with van der Waals surface area (Å²) in [5.74, 6) is 0. The normalized spacial score (nSPS) is 10.6. The van der Waals surface area contributed by atoms with Crippen LogP contribution in [0.15, 0.2) is 48.5 Å². The minimum Gasteiger partial charge on any atom is -0.329 e. The van der Waals surface area contributed by atoms with E-state index < -0.39 is 0 Å². The van der Waals surface area contributed by atoms with Crippen LogP contribution in [0.4, 0.5) is 0 Å². The zero-order chi connectivity index (χ0) is 12.8. The maximum absolute atomic E-state index is 5.44. The third kappa shape index (κ3) is 3.64. The Balaban J connectivity index is 2.05. The van der Waals surface area contributed by atoms with Crippen LogP contribution >= 0.6 is 9.24 Å². The molecule has 3 N–H and O–H groups in total. The first kappa shape index (κ1) is 13.2. The Hall–Kier alpha value is -1.21. The molecular weight excluding hydrogens is 239 g/mol. The maximum atomic E-state index is 5.44. The number of rotatable bonds is 5. The highest BCUT2D eigenvalue weighted by atomic mass is 31.0. The Bertz CT molecular complexity index is 477. The molecule has 0 aromatic heterocycles. The summed E-state index contributed by atoms with van der Waals surface area (Å²) in [6.45, 7) is 2.42. The number of benzene rings is 2. The van der Waals surface area contributed by atoms with E-state index in [1.807, 2.05) is 0 Å². The molecule has 0 fully saturated rings. The lowest BCUT2D eigenvalue weighted by molar-refractivity contribution is 0.695. The molecule has 0 aliphatic rings. The Morgan fingerprint density at radius 1 is 0.889 bits per heavy atom. The summed E-state index contributed by atoms with van der Waals surface area (Å²) >= 11 is 0. The predicted octanol–water partition coefficient (Wildman–Crippen LogP) is 1.90. The van der Waals surface area contributed by atoms with Gasteiger partial charge in [-0.2, -0.15) is 0 Å². The molecule has 0 saturated heterocycles. The van der Waals surface area contributed by atoms with Gasteiger partial charge in [0.15, 0.2) is 0 Å². The van der Waals surface area contributed by atoms with Gasteiger partial charge in [0.25, 0.3) is 0 Å². The molecule has 0 amide bonds. The lowest BCUT2D eigenvalue weighted by Gasteiger charge is -2.06. The summed E-state index contributed by atoms with van der Waals surface area (Å²) < 4.78 is 0. The van der Waals surface area contributed by atoms with Crippen LogP contribution in [0.3, 0.4) is 0 Å². The molecule has 0 bridgehead atoms. The van der Waals surface area contributed by atoms with Crippen LogP contribution in [0.25, 0.3) is 11.1 Å². The number of nitrogens with one attached hydrogen (secondary N) is 1. The summed E-state index contributed by atoms with van der Waals surface area (Å²) in [7, 11) is 2.70. The second-order valence-electron chi connectivity index (χ2n) is 4.28. The molecule has 2 aromatic rings. The van der Waals surface area contributed by atoms with Gasteiger partial charge in [0, 0.05) is 19.6 Å². The molecule has 1 unspecified atom stereocenters. The first-order valence-electron chi connectivity index (χ1n) is 6.15. The van der Waals surface area contributed by atoms with Crippen LogP contribution < -0.4 is 16.4 Å². The van der Waals surface area contributed by atoms with Crippen molar-refractivity contribution in [2.75, 3.05) is 13.1 Å². The van der Waals surface area contributed by atoms with Crippen molar-refractivity contribution < 1.29 is 0 Å². The SMILES string of the molecule is NCCNCc1ccc(-c2ccc(P)cc2)cc1. The molecule has 0 aliphatic heterocycles. The van der Waals surface area contributed by atoms with Crippen molar-refractivity contribution in [3.05, 3.63) is 54.1 Å². The van der Waals surface area contributed by atoms with Gasteiger partial charge in [-0.3, -0.25) is 0 Å². The van der Waals surface area contributed by atoms with Crippen molar-refractivity contribution in [2.24, 2.45) is 5.73 Å². The maximum Gasteiger partial charge on any atom is 0.0206 e. The smallest absolute Gasteiger partial charge is 0.0206 e. The molecule has 0 spiro atoms. The van der Waals surface area contributed by atoms with E-state index in [1.54, 1.807) is 0 Å². The lowest BCUT2D eigenvalue weighted by Crippen LogP contribution is -2.21. The average molecular weight is 258 g/mol. The molecule has 2 nitrogen and oxygen atoms in total. The van der Waals surface area contributed by atoms with Gasteiger partial charge in [-0.25, -0.2) is 0 Å². The molecular formula is C15H19N2P. The topological polar surface area (TPSA) is 38.0 Å². The average Bonchev–Trinajstić information content (AvgIpc) is 2.41. The molecule has 0 aliphatic carbocycles. The van der Waals surface area contributed by atoms with Gasteiger partial charge < -0.3 is 11.1 Å². The highest BCUT2D eigenvalue weighted by Gasteiger charge is 1.98. The van der Waals surface area contributed by atoms with E-state index in [0.29, 0.717) is 6.54 Å². The summed E-state index contributed by atoms with van der Waals surface area (Å²) in [5, 5.41) is 4.50. The molecule has 0 saturated carbocycles. The molecule has 0 radical (unpaired) electrons. The zero-order valence-corrected chi connectivity index (χ0v) is 11.5. The minimum atomic E-state index is 0.680. The van der Waals surface area contributed by atoms with E-state index >= 15 is 0 Å². The van der Waals surface area contributed by atoms with Crippen LogP contribution in [0.1, 0.15) is 5.56 Å². The van der Waals surface area contributed by atoms with Gasteiger partial charge in [0.1, 0.15) is 0 Å². The molecule has 94 valence electrons. The van der Waals surface area contributed by atoms with E-state index in [9.17, 15) is 0 Å². The van der Waals surface area contributed by atoms with Crippen molar-refractivity contribution in [3.8, 4) is 11.1 Å². The van der Waals surface area contributed by atoms with Crippen molar-refractivity contribution >= 4 is 14.5 Å². The molecule has 18 heavy (non-hydrogen) atoms. The van der Waals surface area contributed by atoms with Gasteiger partial charge in [-0.05, 0) is 22.0 Å². The minimum absolute atomic E-state index is 0.680. The van der Waals surface area contributed by atoms with E-state index in [-0.39, 0.29) is 0 Å². The second-order valence-corrected chi connectivity index (χ2v) is 4.95. The van der Waals surface area contributed by atoms with Crippen molar-refractivity contribution in [1.29, 1.82) is 0 Å². The van der Waals surface area contributed by atoms with Crippen molar-refractivity contribution in [2.45, 2.75) is 6.54 Å². The fraction of sp³-hybridized carbons (Fsp3) is 0.200. The fourth-order valence-corrected chi connectivity index (χ4v) is 2.02. The Morgan fingerprint density at radius 3 is 2.00 bits per heavy atom. The third-order valence-electron chi connectivity index (χ3n) is 2.85. The molecule has 3 heteroatoms. The van der Waals surface area contributed by atoms with Gasteiger partial charge >= 0.3 is 0 Å². The monoisotopic (exact) mass is 258 g/mol. The zero-order valence-electron chi connectivity index (χ0n) is 10.4. The largest absolute Gasteiger partial charge is 0.329 e. The van der Waals surface area contributed by atoms with Crippen LogP contribution in [0.5, 0.6) is 0 Å². The summed E-state index contributed by atoms with van der Waals surface area (Å²) in [5.41, 5.74) is 9.23. The summed E-state index contributed by atoms with van der Waals surface area (Å²) in [4.78, 5) is 0. The predicted molar refractivity (Wildman–Crippen MR) is 82.0 cm³/mol. The Morgan fingerprint density at radius 2 is 1.44 bits per heavy atom. The van der Waals surface area contributed by atoms with Crippen LogP contribution in [-0.4, -0.2) is 13.1 Å². The van der Waals surface area contributed by atoms with E-state index in [1.165, 1.54) is 22.0 Å². The van der Waals surface area contributed by atoms with Crippen LogP contribution in [0.2, 0.25) is 0 Å². The second kappa shape index (κ2) is 6.65. The molecule has 2 aromatic carbocycles. The highest BCUT2D eigenvalue weighted by Crippen LogP contribution is 2.19. The Labute approximate surface area is 111 Å². The third-order valence-corrected chi connectivity index (χ3v) is 3.23. The first-order chi connectivity index (χ1) is 8.79. The highest BCUT2D eigenvalue weighted by molar-refractivity contribution is 7.27. The van der Waals surface area contributed by atoms with Gasteiger partial charge in [0.2, 0.25) is 0 Å². The van der Waals surface area contributed by atoms with Crippen LogP contribution in [-0.2, 0) is 6.54 Å². The summed E-state index contributed by atoms with van der Waals surface area (Å²) in [6, 6.07) is 17.1. The molecule has 0 heterocycles. The van der Waals surface area contributed by atoms with E-state index in [4.69, 9.17) is 5.73 Å². The number of nitrogens with two attached hydrogens (primary N) is 1. The van der Waals surface area contributed by atoms with Crippen LogP contribution in [0, 0.1) is 0 Å². The Kier molecular flexibility index (Phi) is 4.89. The number of hydrogen-bond donors (Lipinski definition) is 2. The first-order valence-corrected chi connectivity index (χ1v) is 6.73. The standard InChI is InChI=1S/C15H19N2P/c16-9-10-17-11-12-1-3-13(4-2-12)14-5-7-15(18)8-6-14/h1-8,17H,9-11,16,18H2. The quantitative estimate of drug-likeness (QED) is 0.635. The van der Waals surface area contributed by atoms with Gasteiger partial charge in [-0.15, -0.1) is 9.24 Å². The van der Waals surface area contributed by atoms with Crippen molar-refractivity contribution in [3.63, 3.8) is 0 Å². The van der Waals surface area contributed by atoms with Crippen molar-refractivity contribution in [1.82, 2.24) is 5.32 Å². The van der Waals surface area contributed by atoms with E-state index in [0.717, 1.165) is 13.1 Å². The summed E-state index contributed by atoms with van der Waals surface area (Å²) in [6.07, 6.45) is 0. The molecule has 1 atom stereocenters. The van der Waals surface area contributed by atoms with E-state index in [2.05, 4.69) is 63.1 Å². The molecule has 2 rings (SSSR count).